The van der Waals surface area contributed by atoms with Crippen LogP contribution in [0.15, 0.2) is 101 Å². The second-order valence-electron chi connectivity index (χ2n) is 13.5. The molecule has 2 aliphatic rings. The van der Waals surface area contributed by atoms with Crippen LogP contribution in [-0.4, -0.2) is 42.3 Å². The highest BCUT2D eigenvalue weighted by Gasteiger charge is 2.48. The van der Waals surface area contributed by atoms with Gasteiger partial charge >= 0.3 is 5.97 Å². The van der Waals surface area contributed by atoms with E-state index in [1.165, 1.54) is 22.4 Å². The third kappa shape index (κ3) is 6.67. The van der Waals surface area contributed by atoms with Crippen LogP contribution in [0.4, 0.5) is 5.69 Å². The van der Waals surface area contributed by atoms with Crippen molar-refractivity contribution in [1.82, 2.24) is 5.32 Å². The zero-order valence-electron chi connectivity index (χ0n) is 28.9. The number of carboxylic acids is 1. The molecule has 0 radical (unpaired) electrons. The van der Waals surface area contributed by atoms with E-state index in [-0.39, 0.29) is 23.7 Å². The molecular formula is C40H51N3O3. The summed E-state index contributed by atoms with van der Waals surface area (Å²) in [6.07, 6.45) is 11.1. The quantitative estimate of drug-likeness (QED) is 0.196. The van der Waals surface area contributed by atoms with E-state index in [0.29, 0.717) is 13.1 Å². The van der Waals surface area contributed by atoms with Crippen LogP contribution in [0.5, 0.6) is 0 Å². The number of aliphatic carboxylic acids is 1. The van der Waals surface area contributed by atoms with Gasteiger partial charge in [-0.25, -0.2) is 0 Å². The molecule has 6 heteroatoms. The first kappa shape index (κ1) is 34.7. The highest BCUT2D eigenvalue weighted by molar-refractivity contribution is 6.04. The molecule has 0 bridgehead atoms. The highest BCUT2D eigenvalue weighted by Crippen LogP contribution is 2.48. The Morgan fingerprint density at radius 1 is 1.02 bits per heavy atom. The average molecular weight is 622 g/mol. The zero-order chi connectivity index (χ0) is 33.7. The van der Waals surface area contributed by atoms with Crippen LogP contribution in [-0.2, 0) is 20.4 Å². The van der Waals surface area contributed by atoms with E-state index >= 15 is 0 Å². The number of hydrogen-bond donors (Lipinski definition) is 2. The fourth-order valence-electron chi connectivity index (χ4n) is 7.03. The number of nitrogens with zero attached hydrogens (tertiary/aromatic N) is 2. The van der Waals surface area contributed by atoms with E-state index in [1.54, 1.807) is 0 Å². The molecule has 1 heterocycles. The Morgan fingerprint density at radius 2 is 1.72 bits per heavy atom. The van der Waals surface area contributed by atoms with Gasteiger partial charge in [0.05, 0.1) is 0 Å². The Hall–Kier alpha value is -4.19. The summed E-state index contributed by atoms with van der Waals surface area (Å²) in [6, 6.07) is 16.8. The van der Waals surface area contributed by atoms with Crippen molar-refractivity contribution in [1.29, 1.82) is 0 Å². The van der Waals surface area contributed by atoms with Crippen molar-refractivity contribution >= 4 is 23.3 Å². The Morgan fingerprint density at radius 3 is 2.37 bits per heavy atom. The molecule has 4 rings (SSSR count). The van der Waals surface area contributed by atoms with E-state index in [0.717, 1.165) is 35.5 Å². The van der Waals surface area contributed by atoms with Gasteiger partial charge < -0.3 is 15.3 Å². The van der Waals surface area contributed by atoms with Crippen molar-refractivity contribution in [3.8, 4) is 0 Å². The van der Waals surface area contributed by atoms with Crippen LogP contribution in [0, 0.1) is 12.3 Å². The first-order valence-corrected chi connectivity index (χ1v) is 16.6. The van der Waals surface area contributed by atoms with Gasteiger partial charge in [-0.15, -0.1) is 0 Å². The van der Waals surface area contributed by atoms with E-state index in [2.05, 4.69) is 100 Å². The molecule has 1 atom stereocenters. The van der Waals surface area contributed by atoms with Gasteiger partial charge in [-0.2, -0.15) is 0 Å². The van der Waals surface area contributed by atoms with Crippen LogP contribution in [0.3, 0.4) is 0 Å². The predicted molar refractivity (Wildman–Crippen MR) is 191 cm³/mol. The summed E-state index contributed by atoms with van der Waals surface area (Å²) in [5.74, 6) is -1.55. The lowest BCUT2D eigenvalue weighted by molar-refractivity contribution is -0.156. The number of carboxylic acid groups (broad SMARTS) is 1. The number of anilines is 1. The van der Waals surface area contributed by atoms with E-state index < -0.39 is 17.3 Å². The molecule has 1 aliphatic heterocycles. The standard InChI is InChI=1S/C40H51N3O3/c1-9-24-42-36(44)40(37(45)46)26-29(20-22-34(41-10-2)38(5,6)31-17-13-12-16-28(31)4)25-30(27-40)21-23-35-39(7,8)32-18-14-15-19-33(32)43(35)11-3/h12-23,25H,9-11,24,26-27H2,1-8H3,(H,42,44)(H,45,46)/b22-20+,30-21-,35-23+,41-34+. The van der Waals surface area contributed by atoms with Gasteiger partial charge in [0.15, 0.2) is 5.41 Å². The maximum absolute atomic E-state index is 13.6. The highest BCUT2D eigenvalue weighted by atomic mass is 16.4. The van der Waals surface area contributed by atoms with Gasteiger partial charge in [-0.05, 0) is 86.1 Å². The fraction of sp³-hybridized carbons (Fsp3) is 0.425. The monoisotopic (exact) mass is 621 g/mol. The lowest BCUT2D eigenvalue weighted by Crippen LogP contribution is -2.48. The lowest BCUT2D eigenvalue weighted by atomic mass is 9.70. The summed E-state index contributed by atoms with van der Waals surface area (Å²) >= 11 is 0. The van der Waals surface area contributed by atoms with Crippen LogP contribution >= 0.6 is 0 Å². The third-order valence-corrected chi connectivity index (χ3v) is 9.58. The number of nitrogens with one attached hydrogen (secondary N) is 1. The third-order valence-electron chi connectivity index (χ3n) is 9.58. The minimum Gasteiger partial charge on any atom is -0.480 e. The molecule has 1 amide bonds. The van der Waals surface area contributed by atoms with Crippen LogP contribution in [0.25, 0.3) is 0 Å². The molecule has 0 aromatic heterocycles. The predicted octanol–water partition coefficient (Wildman–Crippen LogP) is 8.24. The number of carbonyl (C=O) groups is 2. The first-order chi connectivity index (χ1) is 21.8. The minimum absolute atomic E-state index is 0.102. The van der Waals surface area contributed by atoms with Gasteiger partial charge in [-0.3, -0.25) is 14.6 Å². The maximum atomic E-state index is 13.6. The molecule has 0 saturated heterocycles. The second kappa shape index (κ2) is 14.1. The number of para-hydroxylation sites is 1. The number of benzene rings is 2. The fourth-order valence-corrected chi connectivity index (χ4v) is 7.03. The summed E-state index contributed by atoms with van der Waals surface area (Å²) in [5.41, 5.74) is 6.29. The molecule has 1 unspecified atom stereocenters. The number of likely N-dealkylation sites (N-methyl/N-ethyl adjacent to an activating group) is 1. The van der Waals surface area contributed by atoms with Crippen LogP contribution in [0.1, 0.15) is 84.4 Å². The zero-order valence-corrected chi connectivity index (χ0v) is 28.9. The molecule has 2 aromatic carbocycles. The van der Waals surface area contributed by atoms with E-state index in [9.17, 15) is 14.7 Å². The van der Waals surface area contributed by atoms with Crippen molar-refractivity contribution in [2.45, 2.75) is 85.5 Å². The van der Waals surface area contributed by atoms with Gasteiger partial charge in [0.1, 0.15) is 0 Å². The summed E-state index contributed by atoms with van der Waals surface area (Å²) < 4.78 is 0. The van der Waals surface area contributed by atoms with Crippen LogP contribution in [0.2, 0.25) is 0 Å². The number of fused-ring (bicyclic) bond motifs is 1. The minimum atomic E-state index is -1.61. The van der Waals surface area contributed by atoms with E-state index in [4.69, 9.17) is 4.99 Å². The summed E-state index contributed by atoms with van der Waals surface area (Å²) in [5, 5.41) is 13.5. The molecule has 2 N–H and O–H groups in total. The van der Waals surface area contributed by atoms with Gasteiger partial charge in [-0.1, -0.05) is 95.3 Å². The summed E-state index contributed by atoms with van der Waals surface area (Å²) in [6.45, 7) is 18.9. The normalized spacial score (nSPS) is 21.5. The second-order valence-corrected chi connectivity index (χ2v) is 13.5. The molecule has 244 valence electrons. The topological polar surface area (TPSA) is 82.0 Å². The lowest BCUT2D eigenvalue weighted by Gasteiger charge is -2.33. The van der Waals surface area contributed by atoms with Gasteiger partial charge in [0, 0.05) is 47.6 Å². The Bertz CT molecular complexity index is 1620. The number of rotatable bonds is 11. The van der Waals surface area contributed by atoms with E-state index in [1.807, 2.05) is 44.2 Å². The molecule has 1 aliphatic carbocycles. The van der Waals surface area contributed by atoms with Gasteiger partial charge in [0.2, 0.25) is 5.91 Å². The number of amides is 1. The maximum Gasteiger partial charge on any atom is 0.319 e. The molecular weight excluding hydrogens is 570 g/mol. The number of allylic oxidation sites excluding steroid dienone is 8. The molecule has 0 saturated carbocycles. The Kier molecular flexibility index (Phi) is 10.6. The number of carbonyl (C=O) groups excluding carboxylic acids is 1. The Labute approximate surface area is 275 Å². The number of aliphatic imine (C=N–C) groups is 1. The summed E-state index contributed by atoms with van der Waals surface area (Å²) in [7, 11) is 0. The SMILES string of the molecule is CCCNC(=O)C1(C(=O)O)CC(/C=C/C(=N\CC)C(C)(C)c2ccccc2C)=CC(=C/C=C2/N(CC)c3ccccc3C2(C)C)/C1. The van der Waals surface area contributed by atoms with Gasteiger partial charge in [0.25, 0.3) is 0 Å². The van der Waals surface area contributed by atoms with Crippen molar-refractivity contribution in [2.24, 2.45) is 10.4 Å². The van der Waals surface area contributed by atoms with Crippen molar-refractivity contribution in [2.75, 3.05) is 24.5 Å². The Balaban J connectivity index is 1.81. The smallest absolute Gasteiger partial charge is 0.319 e. The largest absolute Gasteiger partial charge is 0.480 e. The average Bonchev–Trinajstić information content (AvgIpc) is 3.25. The van der Waals surface area contributed by atoms with Crippen molar-refractivity contribution in [3.05, 3.63) is 112 Å². The molecule has 2 aromatic rings. The first-order valence-electron chi connectivity index (χ1n) is 16.6. The molecule has 46 heavy (non-hydrogen) atoms. The van der Waals surface area contributed by atoms with Crippen molar-refractivity contribution < 1.29 is 14.7 Å². The molecule has 6 nitrogen and oxygen atoms in total. The van der Waals surface area contributed by atoms with Crippen LogP contribution < -0.4 is 10.2 Å². The molecule has 0 fully saturated rings. The van der Waals surface area contributed by atoms with Crippen molar-refractivity contribution in [3.63, 3.8) is 0 Å². The summed E-state index contributed by atoms with van der Waals surface area (Å²) in [4.78, 5) is 33.8. The number of aryl methyl sites for hydroxylation is 1. The molecule has 0 spiro atoms. The number of hydrogen-bond acceptors (Lipinski definition) is 4.